The summed E-state index contributed by atoms with van der Waals surface area (Å²) < 4.78 is 0. The van der Waals surface area contributed by atoms with Gasteiger partial charge in [-0.2, -0.15) is 0 Å². The van der Waals surface area contributed by atoms with Gasteiger partial charge in [0.05, 0.1) is 23.9 Å². The summed E-state index contributed by atoms with van der Waals surface area (Å²) in [5.41, 5.74) is -0.408. The predicted molar refractivity (Wildman–Crippen MR) is 92.9 cm³/mol. The molecule has 0 spiro atoms. The van der Waals surface area contributed by atoms with Crippen LogP contribution in [0.25, 0.3) is 0 Å². The Kier molecular flexibility index (Phi) is 7.52. The van der Waals surface area contributed by atoms with Gasteiger partial charge in [0.2, 0.25) is 0 Å². The minimum absolute atomic E-state index is 0.0614. The fraction of sp³-hybridized carbons (Fsp3) is 1.00. The highest BCUT2D eigenvalue weighted by atomic mass is 17.2. The minimum Gasteiger partial charge on any atom is -0.236 e. The third kappa shape index (κ3) is 7.51. The van der Waals surface area contributed by atoms with Gasteiger partial charge >= 0.3 is 0 Å². The van der Waals surface area contributed by atoms with Crippen molar-refractivity contribution in [2.45, 2.75) is 105 Å². The van der Waals surface area contributed by atoms with E-state index in [9.17, 15) is 0 Å². The summed E-state index contributed by atoms with van der Waals surface area (Å²) in [5, 5.41) is 0. The van der Waals surface area contributed by atoms with Crippen LogP contribution in [0.4, 0.5) is 0 Å². The zero-order valence-electron chi connectivity index (χ0n) is 16.5. The van der Waals surface area contributed by atoms with E-state index in [0.29, 0.717) is 12.5 Å². The summed E-state index contributed by atoms with van der Waals surface area (Å²) >= 11 is 0. The fourth-order valence-corrected chi connectivity index (χ4v) is 2.93. The quantitative estimate of drug-likeness (QED) is 0.416. The standard InChI is InChI=1S/C19H38O4/c1-9-17(4,5)22-20-14-19(8)12-15(3)11-16(13-19)21-23-18(6,7)10-2/h15-16H,9-14H2,1-8H3. The van der Waals surface area contributed by atoms with Gasteiger partial charge in [0.1, 0.15) is 0 Å². The van der Waals surface area contributed by atoms with Gasteiger partial charge in [-0.3, -0.25) is 0 Å². The number of hydrogen-bond acceptors (Lipinski definition) is 4. The molecule has 4 nitrogen and oxygen atoms in total. The first kappa shape index (κ1) is 20.9. The van der Waals surface area contributed by atoms with Crippen molar-refractivity contribution in [1.29, 1.82) is 0 Å². The summed E-state index contributed by atoms with van der Waals surface area (Å²) in [6, 6.07) is 0. The molecule has 0 aromatic rings. The predicted octanol–water partition coefficient (Wildman–Crippen LogP) is 5.45. The molecule has 3 unspecified atom stereocenters. The maximum atomic E-state index is 5.78. The summed E-state index contributed by atoms with van der Waals surface area (Å²) in [6.07, 6.45) is 5.07. The van der Waals surface area contributed by atoms with Crippen molar-refractivity contribution in [3.63, 3.8) is 0 Å². The Morgan fingerprint density at radius 3 is 2.09 bits per heavy atom. The highest BCUT2D eigenvalue weighted by molar-refractivity contribution is 4.86. The van der Waals surface area contributed by atoms with E-state index >= 15 is 0 Å². The maximum Gasteiger partial charge on any atom is 0.0977 e. The molecule has 1 rings (SSSR count). The second-order valence-corrected chi connectivity index (χ2v) is 8.93. The molecule has 3 atom stereocenters. The Labute approximate surface area is 143 Å². The second-order valence-electron chi connectivity index (χ2n) is 8.93. The van der Waals surface area contributed by atoms with Crippen LogP contribution < -0.4 is 0 Å². The molecule has 1 fully saturated rings. The lowest BCUT2D eigenvalue weighted by atomic mass is 9.71. The lowest BCUT2D eigenvalue weighted by Gasteiger charge is -2.41. The third-order valence-electron chi connectivity index (χ3n) is 5.03. The summed E-state index contributed by atoms with van der Waals surface area (Å²) in [6.45, 7) is 17.5. The zero-order chi connectivity index (χ0) is 17.7. The summed E-state index contributed by atoms with van der Waals surface area (Å²) in [4.78, 5) is 22.6. The van der Waals surface area contributed by atoms with Crippen molar-refractivity contribution in [3.8, 4) is 0 Å². The van der Waals surface area contributed by atoms with E-state index in [-0.39, 0.29) is 22.7 Å². The van der Waals surface area contributed by atoms with E-state index < -0.39 is 0 Å². The van der Waals surface area contributed by atoms with Crippen molar-refractivity contribution in [2.24, 2.45) is 11.3 Å². The van der Waals surface area contributed by atoms with Crippen LogP contribution in [-0.2, 0) is 19.6 Å². The first-order valence-corrected chi connectivity index (χ1v) is 9.16. The average Bonchev–Trinajstić information content (AvgIpc) is 2.44. The monoisotopic (exact) mass is 330 g/mol. The van der Waals surface area contributed by atoms with E-state index in [4.69, 9.17) is 19.6 Å². The highest BCUT2D eigenvalue weighted by Crippen LogP contribution is 2.41. The van der Waals surface area contributed by atoms with Gasteiger partial charge in [0, 0.05) is 0 Å². The van der Waals surface area contributed by atoms with Crippen molar-refractivity contribution >= 4 is 0 Å². The van der Waals surface area contributed by atoms with Gasteiger partial charge in [0.15, 0.2) is 0 Å². The molecule has 1 aliphatic rings. The molecule has 138 valence electrons. The van der Waals surface area contributed by atoms with E-state index in [0.717, 1.165) is 32.1 Å². The topological polar surface area (TPSA) is 36.9 Å². The number of hydrogen-bond donors (Lipinski definition) is 0. The Bertz CT molecular complexity index is 353. The molecule has 23 heavy (non-hydrogen) atoms. The fourth-order valence-electron chi connectivity index (χ4n) is 2.93. The molecular formula is C19H38O4. The van der Waals surface area contributed by atoms with Gasteiger partial charge < -0.3 is 0 Å². The summed E-state index contributed by atoms with van der Waals surface area (Å²) in [7, 11) is 0. The van der Waals surface area contributed by atoms with Gasteiger partial charge in [0.25, 0.3) is 0 Å². The van der Waals surface area contributed by atoms with Crippen LogP contribution in [0.3, 0.4) is 0 Å². The van der Waals surface area contributed by atoms with E-state index in [2.05, 4.69) is 41.5 Å². The molecule has 0 radical (unpaired) electrons. The SMILES string of the molecule is CCC(C)(C)OOCC1(C)CC(C)CC(OOC(C)(C)CC)C1. The molecule has 0 saturated heterocycles. The lowest BCUT2D eigenvalue weighted by Crippen LogP contribution is -2.39. The van der Waals surface area contributed by atoms with Crippen molar-refractivity contribution in [2.75, 3.05) is 6.61 Å². The number of rotatable bonds is 9. The summed E-state index contributed by atoms with van der Waals surface area (Å²) in [5.74, 6) is 0.592. The van der Waals surface area contributed by atoms with Gasteiger partial charge in [-0.15, -0.1) is 0 Å². The zero-order valence-corrected chi connectivity index (χ0v) is 16.5. The average molecular weight is 331 g/mol. The molecule has 1 saturated carbocycles. The van der Waals surface area contributed by atoms with Crippen molar-refractivity contribution in [3.05, 3.63) is 0 Å². The lowest BCUT2D eigenvalue weighted by molar-refractivity contribution is -0.393. The van der Waals surface area contributed by atoms with E-state index in [1.807, 2.05) is 13.8 Å². The normalized spacial score (nSPS) is 29.7. The molecular weight excluding hydrogens is 292 g/mol. The first-order chi connectivity index (χ1) is 10.5. The third-order valence-corrected chi connectivity index (χ3v) is 5.03. The van der Waals surface area contributed by atoms with Crippen LogP contribution in [0.2, 0.25) is 0 Å². The van der Waals surface area contributed by atoms with Crippen LogP contribution in [0, 0.1) is 11.3 Å². The first-order valence-electron chi connectivity index (χ1n) is 9.16. The smallest absolute Gasteiger partial charge is 0.0977 e. The van der Waals surface area contributed by atoms with E-state index in [1.165, 1.54) is 0 Å². The Morgan fingerprint density at radius 2 is 1.52 bits per heavy atom. The largest absolute Gasteiger partial charge is 0.236 e. The Hall–Kier alpha value is -0.160. The molecule has 1 aliphatic carbocycles. The molecule has 0 amide bonds. The molecule has 0 heterocycles. The second kappa shape index (κ2) is 8.28. The molecule has 0 aliphatic heterocycles. The van der Waals surface area contributed by atoms with Crippen LogP contribution in [0.5, 0.6) is 0 Å². The van der Waals surface area contributed by atoms with Gasteiger partial charge in [-0.1, -0.05) is 27.7 Å². The molecule has 0 aromatic carbocycles. The maximum absolute atomic E-state index is 5.78. The Balaban J connectivity index is 2.51. The van der Waals surface area contributed by atoms with Crippen molar-refractivity contribution in [1.82, 2.24) is 0 Å². The van der Waals surface area contributed by atoms with Gasteiger partial charge in [-0.05, 0) is 71.1 Å². The molecule has 0 bridgehead atoms. The van der Waals surface area contributed by atoms with Crippen LogP contribution in [0.15, 0.2) is 0 Å². The van der Waals surface area contributed by atoms with Crippen LogP contribution in [0.1, 0.15) is 87.5 Å². The van der Waals surface area contributed by atoms with Crippen molar-refractivity contribution < 1.29 is 19.6 Å². The molecule has 4 heteroatoms. The van der Waals surface area contributed by atoms with Crippen LogP contribution in [-0.4, -0.2) is 23.9 Å². The Morgan fingerprint density at radius 1 is 0.957 bits per heavy atom. The van der Waals surface area contributed by atoms with E-state index in [1.54, 1.807) is 0 Å². The van der Waals surface area contributed by atoms with Gasteiger partial charge in [-0.25, -0.2) is 19.6 Å². The molecule has 0 aromatic heterocycles. The molecule has 0 N–H and O–H groups in total. The minimum atomic E-state index is -0.235. The van der Waals surface area contributed by atoms with Crippen LogP contribution >= 0.6 is 0 Å². The highest BCUT2D eigenvalue weighted by Gasteiger charge is 2.38.